The number of nitrogens with two attached hydrogens (primary N) is 1. The first kappa shape index (κ1) is 58.5. The molecule has 5 N–H and O–H groups in total. The summed E-state index contributed by atoms with van der Waals surface area (Å²) in [6.45, 7) is 23.1. The number of amides is 4. The number of nitrogens with one attached hydrogen (secondary N) is 2. The van der Waals surface area contributed by atoms with E-state index in [0.29, 0.717) is 73.4 Å². The quantitative estimate of drug-likeness (QED) is 0.0811. The molecule has 0 bridgehead atoms. The zero-order chi connectivity index (χ0) is 52.1. The second-order valence-electron chi connectivity index (χ2n) is 19.9. The van der Waals surface area contributed by atoms with Gasteiger partial charge in [0.2, 0.25) is 11.9 Å². The molecule has 0 unspecified atom stereocenters. The molecule has 0 aliphatic carbocycles. The maximum atomic E-state index is 13.3. The summed E-state index contributed by atoms with van der Waals surface area (Å²) in [7, 11) is 3.57. The van der Waals surface area contributed by atoms with Crippen LogP contribution in [0.15, 0.2) is 36.7 Å². The number of carbonyl (C=O) groups excluding carboxylic acids is 4. The molecule has 4 amide bonds. The Kier molecular flexibility index (Phi) is 20.9. The van der Waals surface area contributed by atoms with E-state index in [1.807, 2.05) is 41.8 Å². The first-order valence-corrected chi connectivity index (χ1v) is 23.7. The predicted octanol–water partition coefficient (Wildman–Crippen LogP) is 8.51. The third-order valence-electron chi connectivity index (χ3n) is 10.4. The number of hydrogen-bond acceptors (Lipinski definition) is 15. The first-order valence-electron chi connectivity index (χ1n) is 23.7. The molecule has 0 spiro atoms. The number of carbonyl (C=O) groups is 5. The van der Waals surface area contributed by atoms with E-state index >= 15 is 0 Å². The number of anilines is 4. The predicted molar refractivity (Wildman–Crippen MR) is 274 cm³/mol. The summed E-state index contributed by atoms with van der Waals surface area (Å²) in [5, 5.41) is 15.0. The van der Waals surface area contributed by atoms with Gasteiger partial charge < -0.3 is 49.7 Å². The lowest BCUT2D eigenvalue weighted by Gasteiger charge is -2.31. The van der Waals surface area contributed by atoms with Crippen LogP contribution in [-0.4, -0.2) is 112 Å². The fraction of sp³-hybridized carbons (Fsp3) is 0.580. The average Bonchev–Trinajstić information content (AvgIpc) is 3.89. The number of fused-ring (bicyclic) bond motifs is 2. The number of imide groups is 1. The van der Waals surface area contributed by atoms with Gasteiger partial charge in [0.1, 0.15) is 39.8 Å². The summed E-state index contributed by atoms with van der Waals surface area (Å²) in [5.74, 6) is 0.276. The highest BCUT2D eigenvalue weighted by Gasteiger charge is 2.38. The van der Waals surface area contributed by atoms with Crippen LogP contribution in [0.5, 0.6) is 0 Å². The topological polar surface area (TPSA) is 254 Å². The molecular formula is C50H78N12O9. The lowest BCUT2D eigenvalue weighted by atomic mass is 10.0. The monoisotopic (exact) mass is 991 g/mol. The SMILES string of the molecule is C.CCCCN(C(=O)OC(C)(C)C)c1nc(N(C(=O)OC(C)(C)C)C(=O)OC(C)(C)C)nc2c1CCNC2.CCCCNc1nc(N)nc2c1CCN(C(=O)c1cccn1C)C2.Cn1cccc1C(=O)O. The molecule has 392 valence electrons. The van der Waals surface area contributed by atoms with Gasteiger partial charge in [-0.05, 0) is 119 Å². The number of rotatable bonds is 11. The second-order valence-corrected chi connectivity index (χ2v) is 19.9. The Morgan fingerprint density at radius 2 is 1.32 bits per heavy atom. The van der Waals surface area contributed by atoms with E-state index in [1.165, 1.54) is 4.90 Å². The van der Waals surface area contributed by atoms with Crippen molar-refractivity contribution in [3.05, 3.63) is 70.6 Å². The molecule has 0 saturated heterocycles. The van der Waals surface area contributed by atoms with Crippen molar-refractivity contribution < 1.29 is 43.3 Å². The van der Waals surface area contributed by atoms with E-state index in [-0.39, 0.29) is 25.2 Å². The molecule has 0 atom stereocenters. The average molecular weight is 991 g/mol. The molecule has 4 aromatic rings. The molecule has 21 heteroatoms. The minimum absolute atomic E-state index is 0. The minimum Gasteiger partial charge on any atom is -0.477 e. The van der Waals surface area contributed by atoms with Gasteiger partial charge >= 0.3 is 24.2 Å². The van der Waals surface area contributed by atoms with Crippen LogP contribution in [0, 0.1) is 0 Å². The van der Waals surface area contributed by atoms with Gasteiger partial charge in [0.15, 0.2) is 0 Å². The van der Waals surface area contributed by atoms with Gasteiger partial charge in [-0.3, -0.25) is 9.69 Å². The van der Waals surface area contributed by atoms with Gasteiger partial charge in [0.05, 0.1) is 17.9 Å². The van der Waals surface area contributed by atoms with Crippen molar-refractivity contribution in [1.29, 1.82) is 0 Å². The number of unbranched alkanes of at least 4 members (excludes halogenated alkanes) is 2. The van der Waals surface area contributed by atoms with Crippen LogP contribution in [0.1, 0.15) is 153 Å². The number of aryl methyl sites for hydroxylation is 2. The number of nitrogens with zero attached hydrogens (tertiary/aromatic N) is 9. The fourth-order valence-electron chi connectivity index (χ4n) is 7.10. The molecule has 0 aromatic carbocycles. The molecule has 0 saturated carbocycles. The van der Waals surface area contributed by atoms with Crippen LogP contribution in [0.25, 0.3) is 0 Å². The van der Waals surface area contributed by atoms with Gasteiger partial charge in [-0.15, -0.1) is 4.90 Å². The number of ether oxygens (including phenoxy) is 3. The standard InChI is InChI=1S/C26H43N5O6.C17H24N6O.C6H7NO2.CH4/c1-11-12-15-30(21(32)35-24(2,3)4)19-17-13-14-27-16-18(17)28-20(29-19)31(22(33)36-25(5,6)7)23(34)37-26(8,9)10;1-3-4-8-19-15-12-7-10-23(11-13(12)20-17(18)21-15)16(24)14-6-5-9-22(14)2;1-7-4-2-3-5(7)6(8)9;/h27H,11-16H2,1-10H3;5-6,9H,3-4,7-8,10-11H2,1-2H3,(H3,18,19,20,21);2-4H,1H3,(H,8,9);1H4. The zero-order valence-electron chi connectivity index (χ0n) is 43.3. The molecule has 4 aromatic heterocycles. The molecule has 0 radical (unpaired) electrons. The molecule has 0 fully saturated rings. The second kappa shape index (κ2) is 25.4. The van der Waals surface area contributed by atoms with Crippen molar-refractivity contribution in [2.24, 2.45) is 14.1 Å². The molecule has 71 heavy (non-hydrogen) atoms. The summed E-state index contributed by atoms with van der Waals surface area (Å²) in [4.78, 5) is 84.5. The number of aromatic carboxylic acids is 1. The highest BCUT2D eigenvalue weighted by atomic mass is 16.6. The van der Waals surface area contributed by atoms with Gasteiger partial charge in [-0.2, -0.15) is 9.97 Å². The first-order chi connectivity index (χ1) is 32.7. The largest absolute Gasteiger partial charge is 0.477 e. The summed E-state index contributed by atoms with van der Waals surface area (Å²) in [6.07, 6.45) is 6.09. The van der Waals surface area contributed by atoms with Crippen LogP contribution < -0.4 is 26.2 Å². The highest BCUT2D eigenvalue weighted by molar-refractivity contribution is 6.08. The molecular weight excluding hydrogens is 913 g/mol. The van der Waals surface area contributed by atoms with Crippen LogP contribution in [-0.2, 0) is 54.2 Å². The van der Waals surface area contributed by atoms with Crippen molar-refractivity contribution in [2.75, 3.05) is 47.0 Å². The summed E-state index contributed by atoms with van der Waals surface area (Å²) in [6, 6.07) is 6.97. The fourth-order valence-corrected chi connectivity index (χ4v) is 7.10. The van der Waals surface area contributed by atoms with Crippen molar-refractivity contribution in [3.8, 4) is 0 Å². The summed E-state index contributed by atoms with van der Waals surface area (Å²) >= 11 is 0. The van der Waals surface area contributed by atoms with E-state index in [1.54, 1.807) is 92.3 Å². The molecule has 6 heterocycles. The highest BCUT2D eigenvalue weighted by Crippen LogP contribution is 2.31. The van der Waals surface area contributed by atoms with E-state index in [4.69, 9.17) is 25.1 Å². The molecule has 6 rings (SSSR count). The Labute approximate surface area is 418 Å². The van der Waals surface area contributed by atoms with E-state index < -0.39 is 41.1 Å². The van der Waals surface area contributed by atoms with E-state index in [0.717, 1.165) is 54.9 Å². The Hall–Kier alpha value is -6.77. The van der Waals surface area contributed by atoms with Gasteiger partial charge in [-0.1, -0.05) is 34.1 Å². The van der Waals surface area contributed by atoms with Crippen LogP contribution >= 0.6 is 0 Å². The number of aromatic nitrogens is 6. The Bertz CT molecular complexity index is 2420. The number of carboxylic acid groups (broad SMARTS) is 1. The Morgan fingerprint density at radius 1 is 0.761 bits per heavy atom. The van der Waals surface area contributed by atoms with Crippen LogP contribution in [0.2, 0.25) is 0 Å². The van der Waals surface area contributed by atoms with E-state index in [9.17, 15) is 24.0 Å². The maximum Gasteiger partial charge on any atom is 0.427 e. The smallest absolute Gasteiger partial charge is 0.427 e. The van der Waals surface area contributed by atoms with Crippen molar-refractivity contribution >= 4 is 53.7 Å². The van der Waals surface area contributed by atoms with Crippen LogP contribution in [0.4, 0.5) is 37.9 Å². The van der Waals surface area contributed by atoms with Gasteiger partial charge in [0.25, 0.3) is 5.91 Å². The lowest BCUT2D eigenvalue weighted by molar-refractivity contribution is 0.0425. The zero-order valence-corrected chi connectivity index (χ0v) is 43.3. The number of carboxylic acids is 1. The minimum atomic E-state index is -0.978. The van der Waals surface area contributed by atoms with Crippen molar-refractivity contribution in [3.63, 3.8) is 0 Å². The van der Waals surface area contributed by atoms with E-state index in [2.05, 4.69) is 37.5 Å². The number of nitrogen functional groups attached to an aromatic ring is 1. The molecule has 21 nitrogen and oxygen atoms in total. The van der Waals surface area contributed by atoms with Crippen molar-refractivity contribution in [2.45, 2.75) is 152 Å². The third-order valence-corrected chi connectivity index (χ3v) is 10.4. The Balaban J connectivity index is 0.000000331. The van der Waals surface area contributed by atoms with Gasteiger partial charge in [0, 0.05) is 63.8 Å². The van der Waals surface area contributed by atoms with Crippen molar-refractivity contribution in [1.82, 2.24) is 39.3 Å². The third kappa shape index (κ3) is 17.2. The maximum absolute atomic E-state index is 13.3. The summed E-state index contributed by atoms with van der Waals surface area (Å²) < 4.78 is 20.1. The summed E-state index contributed by atoms with van der Waals surface area (Å²) in [5.41, 5.74) is 7.61. The lowest BCUT2D eigenvalue weighted by Crippen LogP contribution is -2.45. The van der Waals surface area contributed by atoms with Crippen LogP contribution in [0.3, 0.4) is 0 Å². The Morgan fingerprint density at radius 3 is 1.83 bits per heavy atom. The molecule has 2 aliphatic heterocycles. The number of hydrogen-bond donors (Lipinski definition) is 4. The van der Waals surface area contributed by atoms with Gasteiger partial charge in [-0.25, -0.2) is 29.1 Å². The normalized spacial score (nSPS) is 13.1. The molecule has 2 aliphatic rings.